The molecular formula is C20H29F3N2O3. The second-order valence-corrected chi connectivity index (χ2v) is 7.26. The number of amides is 1. The Balaban J connectivity index is 1.63. The summed E-state index contributed by atoms with van der Waals surface area (Å²) < 4.78 is 46.3. The van der Waals surface area contributed by atoms with Crippen LogP contribution in [0.1, 0.15) is 31.7 Å². The Bertz CT molecular complexity index is 615. The van der Waals surface area contributed by atoms with Gasteiger partial charge in [0.25, 0.3) is 5.91 Å². The van der Waals surface area contributed by atoms with Gasteiger partial charge in [-0.05, 0) is 30.0 Å². The van der Waals surface area contributed by atoms with Gasteiger partial charge >= 0.3 is 6.18 Å². The minimum atomic E-state index is -4.27. The molecule has 0 aromatic heterocycles. The van der Waals surface area contributed by atoms with E-state index >= 15 is 0 Å². The highest BCUT2D eigenvalue weighted by molar-refractivity contribution is 5.77. The van der Waals surface area contributed by atoms with Gasteiger partial charge in [-0.25, -0.2) is 0 Å². The van der Waals surface area contributed by atoms with E-state index in [1.807, 2.05) is 24.3 Å². The Kier molecular flexibility index (Phi) is 8.57. The number of carbonyl (C=O) groups is 1. The molecule has 2 rings (SSSR count). The van der Waals surface area contributed by atoms with Crippen molar-refractivity contribution in [3.05, 3.63) is 29.8 Å². The lowest BCUT2D eigenvalue weighted by Gasteiger charge is -2.34. The Morgan fingerprint density at radius 3 is 2.54 bits per heavy atom. The van der Waals surface area contributed by atoms with Crippen LogP contribution in [0.15, 0.2) is 24.3 Å². The first-order valence-electron chi connectivity index (χ1n) is 9.62. The molecule has 28 heavy (non-hydrogen) atoms. The first kappa shape index (κ1) is 22.5. The van der Waals surface area contributed by atoms with Crippen molar-refractivity contribution in [3.63, 3.8) is 0 Å². The second kappa shape index (κ2) is 10.7. The average Bonchev–Trinajstić information content (AvgIpc) is 2.65. The third kappa shape index (κ3) is 8.06. The molecule has 1 heterocycles. The molecule has 158 valence electrons. The van der Waals surface area contributed by atoms with Crippen molar-refractivity contribution >= 4 is 5.91 Å². The standard InChI is InChI=1S/C20H29F3N2O3/c1-16(2)17-5-3-6-18(13-17)28-14-19(26)25-10-8-24(9-11-25)7-4-12-27-15-20(21,22)23/h3,5-6,13,16H,4,7-12,14-15H2,1-2H3. The number of ether oxygens (including phenoxy) is 2. The number of alkyl halides is 3. The van der Waals surface area contributed by atoms with Crippen LogP contribution >= 0.6 is 0 Å². The summed E-state index contributed by atoms with van der Waals surface area (Å²) in [4.78, 5) is 16.2. The van der Waals surface area contributed by atoms with Gasteiger partial charge in [0.2, 0.25) is 0 Å². The van der Waals surface area contributed by atoms with Gasteiger partial charge in [-0.2, -0.15) is 13.2 Å². The van der Waals surface area contributed by atoms with Gasteiger partial charge in [0.15, 0.2) is 6.61 Å². The minimum absolute atomic E-state index is 0.00678. The molecule has 1 fully saturated rings. The maximum absolute atomic E-state index is 12.3. The van der Waals surface area contributed by atoms with Crippen molar-refractivity contribution in [1.82, 2.24) is 9.80 Å². The zero-order chi connectivity index (χ0) is 20.6. The summed E-state index contributed by atoms with van der Waals surface area (Å²) in [6, 6.07) is 7.76. The molecule has 0 N–H and O–H groups in total. The number of rotatable bonds is 9. The Labute approximate surface area is 164 Å². The summed E-state index contributed by atoms with van der Waals surface area (Å²) >= 11 is 0. The van der Waals surface area contributed by atoms with Gasteiger partial charge in [-0.1, -0.05) is 26.0 Å². The molecule has 0 saturated carbocycles. The Morgan fingerprint density at radius 1 is 1.18 bits per heavy atom. The number of carbonyl (C=O) groups excluding carboxylic acids is 1. The quantitative estimate of drug-likeness (QED) is 0.595. The summed E-state index contributed by atoms with van der Waals surface area (Å²) in [7, 11) is 0. The molecule has 0 aliphatic carbocycles. The third-order valence-electron chi connectivity index (χ3n) is 4.64. The van der Waals surface area contributed by atoms with Crippen LogP contribution in [0.2, 0.25) is 0 Å². The van der Waals surface area contributed by atoms with Crippen molar-refractivity contribution in [1.29, 1.82) is 0 Å². The van der Waals surface area contributed by atoms with Crippen LogP contribution in [0.5, 0.6) is 5.75 Å². The van der Waals surface area contributed by atoms with Gasteiger partial charge in [0, 0.05) is 39.3 Å². The van der Waals surface area contributed by atoms with Crippen LogP contribution in [0, 0.1) is 0 Å². The molecule has 8 heteroatoms. The highest BCUT2D eigenvalue weighted by Gasteiger charge is 2.27. The van der Waals surface area contributed by atoms with Crippen molar-refractivity contribution in [2.45, 2.75) is 32.4 Å². The third-order valence-corrected chi connectivity index (χ3v) is 4.64. The highest BCUT2D eigenvalue weighted by Crippen LogP contribution is 2.20. The van der Waals surface area contributed by atoms with Crippen molar-refractivity contribution in [2.24, 2.45) is 0 Å². The van der Waals surface area contributed by atoms with E-state index < -0.39 is 12.8 Å². The Morgan fingerprint density at radius 2 is 1.89 bits per heavy atom. The van der Waals surface area contributed by atoms with Gasteiger partial charge in [0.1, 0.15) is 12.4 Å². The second-order valence-electron chi connectivity index (χ2n) is 7.26. The molecular weight excluding hydrogens is 373 g/mol. The molecule has 1 aromatic rings. The van der Waals surface area contributed by atoms with E-state index in [1.165, 1.54) is 0 Å². The lowest BCUT2D eigenvalue weighted by Crippen LogP contribution is -2.50. The summed E-state index contributed by atoms with van der Waals surface area (Å²) in [6.07, 6.45) is -3.73. The molecule has 0 radical (unpaired) electrons. The fraction of sp³-hybridized carbons (Fsp3) is 0.650. The van der Waals surface area contributed by atoms with Gasteiger partial charge in [-0.3, -0.25) is 9.69 Å². The molecule has 5 nitrogen and oxygen atoms in total. The number of benzene rings is 1. The van der Waals surface area contributed by atoms with Crippen LogP contribution < -0.4 is 4.74 Å². The molecule has 1 aliphatic heterocycles. The Hall–Kier alpha value is -1.80. The molecule has 0 spiro atoms. The fourth-order valence-electron chi connectivity index (χ4n) is 3.00. The first-order valence-corrected chi connectivity index (χ1v) is 9.62. The van der Waals surface area contributed by atoms with Crippen LogP contribution in [-0.4, -0.2) is 74.4 Å². The maximum atomic E-state index is 12.3. The van der Waals surface area contributed by atoms with Crippen LogP contribution in [0.4, 0.5) is 13.2 Å². The van der Waals surface area contributed by atoms with Gasteiger partial charge in [-0.15, -0.1) is 0 Å². The topological polar surface area (TPSA) is 42.0 Å². The fourth-order valence-corrected chi connectivity index (χ4v) is 3.00. The predicted octanol–water partition coefficient (Wildman–Crippen LogP) is 3.30. The maximum Gasteiger partial charge on any atom is 0.411 e. The highest BCUT2D eigenvalue weighted by atomic mass is 19.4. The zero-order valence-electron chi connectivity index (χ0n) is 16.5. The largest absolute Gasteiger partial charge is 0.484 e. The smallest absolute Gasteiger partial charge is 0.411 e. The van der Waals surface area contributed by atoms with E-state index in [4.69, 9.17) is 4.74 Å². The number of piperazine rings is 1. The van der Waals surface area contributed by atoms with Crippen LogP contribution in [-0.2, 0) is 9.53 Å². The molecule has 0 bridgehead atoms. The molecule has 0 atom stereocenters. The molecule has 1 saturated heterocycles. The van der Waals surface area contributed by atoms with E-state index in [-0.39, 0.29) is 19.1 Å². The lowest BCUT2D eigenvalue weighted by molar-refractivity contribution is -0.174. The molecule has 1 aromatic carbocycles. The van der Waals surface area contributed by atoms with Crippen LogP contribution in [0.25, 0.3) is 0 Å². The van der Waals surface area contributed by atoms with E-state index in [0.717, 1.165) is 5.56 Å². The first-order chi connectivity index (χ1) is 13.2. The SMILES string of the molecule is CC(C)c1cccc(OCC(=O)N2CCN(CCCOCC(F)(F)F)CC2)c1. The minimum Gasteiger partial charge on any atom is -0.484 e. The van der Waals surface area contributed by atoms with E-state index in [0.29, 0.717) is 50.8 Å². The monoisotopic (exact) mass is 402 g/mol. The number of nitrogens with zero attached hydrogens (tertiary/aromatic N) is 2. The van der Waals surface area contributed by atoms with Crippen molar-refractivity contribution in [2.75, 3.05) is 52.5 Å². The number of hydrogen-bond donors (Lipinski definition) is 0. The summed E-state index contributed by atoms with van der Waals surface area (Å²) in [5.41, 5.74) is 1.16. The molecule has 1 amide bonds. The predicted molar refractivity (Wildman–Crippen MR) is 101 cm³/mol. The van der Waals surface area contributed by atoms with Crippen molar-refractivity contribution < 1.29 is 27.4 Å². The summed E-state index contributed by atoms with van der Waals surface area (Å²) in [5, 5.41) is 0. The van der Waals surface area contributed by atoms with Crippen molar-refractivity contribution in [3.8, 4) is 5.75 Å². The number of halogens is 3. The normalized spacial score (nSPS) is 15.9. The molecule has 1 aliphatic rings. The zero-order valence-corrected chi connectivity index (χ0v) is 16.5. The van der Waals surface area contributed by atoms with E-state index in [2.05, 4.69) is 23.5 Å². The summed E-state index contributed by atoms with van der Waals surface area (Å²) in [5.74, 6) is 1.03. The van der Waals surface area contributed by atoms with E-state index in [9.17, 15) is 18.0 Å². The lowest BCUT2D eigenvalue weighted by atomic mass is 10.0. The van der Waals surface area contributed by atoms with Gasteiger partial charge in [0.05, 0.1) is 0 Å². The van der Waals surface area contributed by atoms with E-state index in [1.54, 1.807) is 4.90 Å². The molecule has 0 unspecified atom stereocenters. The van der Waals surface area contributed by atoms with Gasteiger partial charge < -0.3 is 14.4 Å². The average molecular weight is 402 g/mol. The summed E-state index contributed by atoms with van der Waals surface area (Å²) in [6.45, 7) is 6.36. The van der Waals surface area contributed by atoms with Crippen LogP contribution in [0.3, 0.4) is 0 Å². The number of hydrogen-bond acceptors (Lipinski definition) is 4.